The van der Waals surface area contributed by atoms with E-state index in [-0.39, 0.29) is 56.9 Å². The van der Waals surface area contributed by atoms with Crippen LogP contribution in [0.15, 0.2) is 42.5 Å². The number of imidazole rings is 2. The number of hydrogen-bond acceptors (Lipinski definition) is 8. The topological polar surface area (TPSA) is 195 Å². The number of nitrogens with one attached hydrogen (secondary N) is 1. The van der Waals surface area contributed by atoms with Crippen LogP contribution in [0.25, 0.3) is 21.4 Å². The van der Waals surface area contributed by atoms with Gasteiger partial charge in [0, 0.05) is 25.2 Å². The van der Waals surface area contributed by atoms with Crippen molar-refractivity contribution in [2.75, 3.05) is 11.1 Å². The van der Waals surface area contributed by atoms with Gasteiger partial charge in [-0.15, -0.1) is 62.3 Å². The molecule has 0 atom stereocenters. The van der Waals surface area contributed by atoms with Crippen molar-refractivity contribution in [3.05, 3.63) is 64.3 Å². The van der Waals surface area contributed by atoms with E-state index in [0.29, 0.717) is 63.5 Å². The number of primary amides is 2. The highest BCUT2D eigenvalue weighted by Gasteiger charge is 2.20. The first-order chi connectivity index (χ1) is 18.7. The highest BCUT2D eigenvalue weighted by molar-refractivity contribution is 8.93. The Morgan fingerprint density at radius 2 is 1.64 bits per heavy atom. The monoisotopic (exact) mass is 786 g/mol. The smallest absolute Gasteiger partial charge is 0.276 e. The fourth-order valence-corrected chi connectivity index (χ4v) is 5.25. The van der Waals surface area contributed by atoms with Gasteiger partial charge in [0.05, 0.1) is 21.6 Å². The standard InChI is InChI=1S/C25H26N10O3S.3BrH/c1-3-35-18(10-13(2)32-35)22(38)31-25-30-16-12-19(21(27)37)39-23(16)34(25)9-5-4-8-33-17-7-6-14(20(26)36)11-15(17)29-24(33)28;;;/h4-7,10-12H,3,8-9H2,1-2H3,(H2,26,36)(H2,27,37)(H2,28,29)(H,30,31,38);3*1H/b5-4+;;;. The zero-order valence-corrected chi connectivity index (χ0v) is 28.4. The Morgan fingerprint density at radius 3 is 2.29 bits per heavy atom. The van der Waals surface area contributed by atoms with E-state index in [1.807, 2.05) is 26.0 Å². The minimum atomic E-state index is -0.546. The molecule has 5 rings (SSSR count). The molecule has 0 aliphatic carbocycles. The molecule has 0 unspecified atom stereocenters. The molecule has 17 heteroatoms. The Bertz CT molecular complexity index is 1800. The molecule has 0 aliphatic heterocycles. The number of nitrogens with two attached hydrogens (primary N) is 3. The third-order valence-corrected chi connectivity index (χ3v) is 7.29. The number of halogens is 3. The maximum Gasteiger partial charge on any atom is 0.276 e. The van der Waals surface area contributed by atoms with Crippen LogP contribution in [0.2, 0.25) is 0 Å². The number of amides is 3. The number of nitrogen functional groups attached to an aromatic ring is 1. The second-order valence-electron chi connectivity index (χ2n) is 8.77. The lowest BCUT2D eigenvalue weighted by atomic mass is 10.2. The summed E-state index contributed by atoms with van der Waals surface area (Å²) >= 11 is 1.20. The van der Waals surface area contributed by atoms with E-state index in [2.05, 4.69) is 20.4 Å². The van der Waals surface area contributed by atoms with Crippen molar-refractivity contribution < 1.29 is 14.4 Å². The van der Waals surface area contributed by atoms with E-state index in [9.17, 15) is 14.4 Å². The van der Waals surface area contributed by atoms with Gasteiger partial charge in [0.1, 0.15) is 16.0 Å². The fourth-order valence-electron chi connectivity index (χ4n) is 4.29. The van der Waals surface area contributed by atoms with Crippen LogP contribution in [-0.4, -0.2) is 46.6 Å². The molecule has 3 amide bonds. The number of benzene rings is 1. The second kappa shape index (κ2) is 14.1. The van der Waals surface area contributed by atoms with Crippen molar-refractivity contribution >= 4 is 113 Å². The predicted octanol–water partition coefficient (Wildman–Crippen LogP) is 3.99. The SMILES string of the molecule is Br.Br.Br.CCn1nc(C)cc1C(=O)Nc1nc2cc(C(N)=O)sc2n1C/C=C/Cn1c(N)nc2cc(C(N)=O)ccc21. The number of hydrogen-bond donors (Lipinski definition) is 4. The van der Waals surface area contributed by atoms with Crippen LogP contribution in [0.5, 0.6) is 0 Å². The van der Waals surface area contributed by atoms with E-state index < -0.39 is 11.8 Å². The van der Waals surface area contributed by atoms with Crippen molar-refractivity contribution in [1.29, 1.82) is 0 Å². The molecule has 0 bridgehead atoms. The Labute approximate surface area is 275 Å². The molecule has 4 heterocycles. The Morgan fingerprint density at radius 1 is 0.952 bits per heavy atom. The molecule has 0 fully saturated rings. The molecular formula is C25H29Br3N10O3S. The summed E-state index contributed by atoms with van der Waals surface area (Å²) < 4.78 is 5.22. The summed E-state index contributed by atoms with van der Waals surface area (Å²) in [6, 6.07) is 8.30. The predicted molar refractivity (Wildman–Crippen MR) is 179 cm³/mol. The Kier molecular flexibility index (Phi) is 11.6. The van der Waals surface area contributed by atoms with Gasteiger partial charge in [-0.2, -0.15) is 5.10 Å². The molecule has 42 heavy (non-hydrogen) atoms. The molecule has 0 spiro atoms. The Hall–Kier alpha value is -3.54. The average Bonchev–Trinajstić information content (AvgIpc) is 3.63. The van der Waals surface area contributed by atoms with Gasteiger partial charge in [-0.25, -0.2) is 9.97 Å². The summed E-state index contributed by atoms with van der Waals surface area (Å²) in [7, 11) is 0. The minimum Gasteiger partial charge on any atom is -0.369 e. The molecule has 0 saturated carbocycles. The lowest BCUT2D eigenvalue weighted by Gasteiger charge is -2.09. The molecule has 0 radical (unpaired) electrons. The number of anilines is 2. The summed E-state index contributed by atoms with van der Waals surface area (Å²) in [5.41, 5.74) is 20.3. The zero-order chi connectivity index (χ0) is 27.8. The number of thiophene rings is 1. The molecule has 1 aromatic carbocycles. The summed E-state index contributed by atoms with van der Waals surface area (Å²) in [6.07, 6.45) is 3.79. The molecule has 4 aromatic heterocycles. The molecule has 224 valence electrons. The molecule has 0 saturated heterocycles. The number of rotatable bonds is 9. The quantitative estimate of drug-likeness (QED) is 0.162. The summed E-state index contributed by atoms with van der Waals surface area (Å²) in [6.45, 7) is 5.02. The van der Waals surface area contributed by atoms with E-state index in [1.165, 1.54) is 11.3 Å². The molecule has 5 aromatic rings. The van der Waals surface area contributed by atoms with Crippen molar-refractivity contribution in [2.24, 2.45) is 11.5 Å². The lowest BCUT2D eigenvalue weighted by molar-refractivity contribution is 0.0993. The summed E-state index contributed by atoms with van der Waals surface area (Å²) in [5, 5.41) is 7.21. The van der Waals surface area contributed by atoms with Gasteiger partial charge in [-0.1, -0.05) is 12.2 Å². The minimum absolute atomic E-state index is 0. The van der Waals surface area contributed by atoms with Crippen molar-refractivity contribution in [3.8, 4) is 0 Å². The lowest BCUT2D eigenvalue weighted by Crippen LogP contribution is -2.19. The van der Waals surface area contributed by atoms with E-state index >= 15 is 0 Å². The largest absolute Gasteiger partial charge is 0.369 e. The number of aromatic nitrogens is 6. The van der Waals surface area contributed by atoms with Crippen LogP contribution < -0.4 is 22.5 Å². The third-order valence-electron chi connectivity index (χ3n) is 6.13. The van der Waals surface area contributed by atoms with Crippen LogP contribution >= 0.6 is 62.3 Å². The van der Waals surface area contributed by atoms with Crippen molar-refractivity contribution in [3.63, 3.8) is 0 Å². The number of carbonyl (C=O) groups is 3. The molecular weight excluding hydrogens is 760 g/mol. The highest BCUT2D eigenvalue weighted by atomic mass is 79.9. The first-order valence-corrected chi connectivity index (χ1v) is 12.8. The maximum atomic E-state index is 13.1. The normalized spacial score (nSPS) is 10.8. The van der Waals surface area contributed by atoms with Crippen LogP contribution in [0.3, 0.4) is 0 Å². The Balaban J connectivity index is 0.00000205. The van der Waals surface area contributed by atoms with Gasteiger partial charge in [-0.05, 0) is 44.2 Å². The van der Waals surface area contributed by atoms with E-state index in [4.69, 9.17) is 17.2 Å². The van der Waals surface area contributed by atoms with E-state index in [0.717, 1.165) is 11.2 Å². The fraction of sp³-hybridized carbons (Fsp3) is 0.200. The van der Waals surface area contributed by atoms with Gasteiger partial charge in [0.2, 0.25) is 17.8 Å². The summed E-state index contributed by atoms with van der Waals surface area (Å²) in [5.74, 6) is -0.809. The highest BCUT2D eigenvalue weighted by Crippen LogP contribution is 2.29. The zero-order valence-electron chi connectivity index (χ0n) is 22.4. The van der Waals surface area contributed by atoms with Crippen LogP contribution in [0.4, 0.5) is 11.9 Å². The number of aryl methyl sites for hydroxylation is 2. The summed E-state index contributed by atoms with van der Waals surface area (Å²) in [4.78, 5) is 46.2. The number of nitrogens with zero attached hydrogens (tertiary/aromatic N) is 6. The van der Waals surface area contributed by atoms with Crippen LogP contribution in [0.1, 0.15) is 43.1 Å². The number of fused-ring (bicyclic) bond motifs is 2. The van der Waals surface area contributed by atoms with E-state index in [1.54, 1.807) is 44.1 Å². The van der Waals surface area contributed by atoms with Crippen LogP contribution in [-0.2, 0) is 19.6 Å². The van der Waals surface area contributed by atoms with Gasteiger partial charge in [-0.3, -0.25) is 28.9 Å². The average molecular weight is 789 g/mol. The van der Waals surface area contributed by atoms with Crippen molar-refractivity contribution in [2.45, 2.75) is 33.5 Å². The van der Waals surface area contributed by atoms with Gasteiger partial charge < -0.3 is 21.8 Å². The number of allylic oxidation sites excluding steroid dienone is 2. The van der Waals surface area contributed by atoms with Gasteiger partial charge >= 0.3 is 0 Å². The van der Waals surface area contributed by atoms with Gasteiger partial charge in [0.15, 0.2) is 0 Å². The maximum absolute atomic E-state index is 13.1. The van der Waals surface area contributed by atoms with Crippen LogP contribution in [0, 0.1) is 6.92 Å². The van der Waals surface area contributed by atoms with Crippen molar-refractivity contribution in [1.82, 2.24) is 28.9 Å². The first kappa shape index (κ1) is 34.7. The first-order valence-electron chi connectivity index (χ1n) is 12.0. The molecule has 7 N–H and O–H groups in total. The third kappa shape index (κ3) is 6.74. The van der Waals surface area contributed by atoms with Gasteiger partial charge in [0.25, 0.3) is 11.8 Å². The molecule has 13 nitrogen and oxygen atoms in total. The second-order valence-corrected chi connectivity index (χ2v) is 9.80. The molecule has 0 aliphatic rings. The number of carbonyl (C=O) groups excluding carboxylic acids is 3.